The molecule has 0 saturated carbocycles. The normalized spacial score (nSPS) is 12.1. The summed E-state index contributed by atoms with van der Waals surface area (Å²) in [6.07, 6.45) is 0. The number of esters is 6. The highest BCUT2D eigenvalue weighted by molar-refractivity contribution is 8.00. The summed E-state index contributed by atoms with van der Waals surface area (Å²) < 4.78 is 32.3. The predicted molar refractivity (Wildman–Crippen MR) is 253 cm³/mol. The van der Waals surface area contributed by atoms with Gasteiger partial charge in [0.25, 0.3) is 0 Å². The summed E-state index contributed by atoms with van der Waals surface area (Å²) in [5.41, 5.74) is -0.0335. The van der Waals surface area contributed by atoms with Crippen LogP contribution in [0.1, 0.15) is 104 Å². The number of aromatic nitrogens is 12. The molecule has 0 N–H and O–H groups in total. The van der Waals surface area contributed by atoms with Crippen molar-refractivity contribution in [1.82, 2.24) is 61.2 Å². The summed E-state index contributed by atoms with van der Waals surface area (Å²) in [6, 6.07) is 8.34. The molecule has 0 unspecified atom stereocenters. The first kappa shape index (κ1) is 53.2. The summed E-state index contributed by atoms with van der Waals surface area (Å²) in [4.78, 5) is 82.1. The monoisotopic (exact) mass is 1090 g/mol. The number of benzene rings is 3. The molecule has 16 aliphatic rings. The van der Waals surface area contributed by atoms with E-state index in [1.807, 2.05) is 0 Å². The fraction of sp³-hybridized carbons (Fsp3) is 0.286. The van der Waals surface area contributed by atoms with Crippen LogP contribution in [-0.4, -0.2) is 137 Å². The van der Waals surface area contributed by atoms with Gasteiger partial charge in [0, 0.05) is 29.4 Å². The van der Waals surface area contributed by atoms with Gasteiger partial charge in [-0.1, -0.05) is 0 Å². The van der Waals surface area contributed by atoms with E-state index in [0.29, 0.717) is 0 Å². The lowest BCUT2D eigenvalue weighted by molar-refractivity contribution is 0.0505. The smallest absolute Gasteiger partial charge is 0.339 e. The van der Waals surface area contributed by atoms with Crippen molar-refractivity contribution in [3.63, 3.8) is 0 Å². The van der Waals surface area contributed by atoms with Crippen molar-refractivity contribution in [2.75, 3.05) is 39.6 Å². The molecule has 30 heteroatoms. The number of carbonyl (C=O) groups is 6. The van der Waals surface area contributed by atoms with Crippen LogP contribution in [0.5, 0.6) is 0 Å². The van der Waals surface area contributed by atoms with Crippen LogP contribution in [0.3, 0.4) is 0 Å². The first-order valence-corrected chi connectivity index (χ1v) is 26.1. The second-order valence-corrected chi connectivity index (χ2v) is 19.4. The molecule has 24 nitrogen and oxygen atoms in total. The van der Waals surface area contributed by atoms with Crippen molar-refractivity contribution in [2.24, 2.45) is 0 Å². The standard InChI is InChI=1S/C42H36N12O12S6/c1-7-61-31(55)19-13-26-20(32(56)62-8-2)14-25(19)67-37-43-47-39(48-44-37)69-27-15-22(34(58)64-10-4)29(16-21(27)33(57)63-9-3)71-41-51-53-42(54-52-41)72-30-18-23(35(59)65-11-5)28(17-24(30)36(60)66-12-6)70-40-49-45-38(68-26)46-50-40/h13-18H,7-12H2,1-6H3. The third kappa shape index (κ3) is 13.1. The Kier molecular flexibility index (Phi) is 18.6. The van der Waals surface area contributed by atoms with E-state index in [4.69, 9.17) is 28.4 Å². The fourth-order valence-electron chi connectivity index (χ4n) is 5.86. The molecule has 0 aliphatic carbocycles. The molecule has 0 amide bonds. The average Bonchev–Trinajstić information content (AvgIpc) is 3.36. The summed E-state index contributed by atoms with van der Waals surface area (Å²) in [7, 11) is 0. The molecule has 0 fully saturated rings. The van der Waals surface area contributed by atoms with Gasteiger partial charge in [-0.05, 0) is 149 Å². The highest BCUT2D eigenvalue weighted by atomic mass is 32.2. The van der Waals surface area contributed by atoms with Gasteiger partial charge in [-0.2, -0.15) is 0 Å². The third-order valence-corrected chi connectivity index (χ3v) is 14.2. The Balaban J connectivity index is 1.41. The molecule has 22 rings (SSSR count). The zero-order valence-electron chi connectivity index (χ0n) is 38.4. The number of rotatable bonds is 12. The van der Waals surface area contributed by atoms with E-state index in [1.54, 1.807) is 41.5 Å². The lowest BCUT2D eigenvalue weighted by atomic mass is 10.1. The van der Waals surface area contributed by atoms with Crippen LogP contribution in [0.15, 0.2) is 96.7 Å². The lowest BCUT2D eigenvalue weighted by Gasteiger charge is -2.15. The Morgan fingerprint density at radius 2 is 0.403 bits per heavy atom. The summed E-state index contributed by atoms with van der Waals surface area (Å²) >= 11 is 5.04. The molecule has 3 aromatic carbocycles. The van der Waals surface area contributed by atoms with Gasteiger partial charge >= 0.3 is 35.8 Å². The van der Waals surface area contributed by atoms with E-state index in [0.717, 1.165) is 70.6 Å². The van der Waals surface area contributed by atoms with Crippen molar-refractivity contribution in [3.8, 4) is 0 Å². The second-order valence-electron chi connectivity index (χ2n) is 13.4. The summed E-state index contributed by atoms with van der Waals surface area (Å²) in [5, 5.41) is 50.0. The van der Waals surface area contributed by atoms with Crippen molar-refractivity contribution in [3.05, 3.63) is 69.8 Å². The zero-order chi connectivity index (χ0) is 51.3. The largest absolute Gasteiger partial charge is 0.462 e. The molecule has 16 aliphatic heterocycles. The van der Waals surface area contributed by atoms with Crippen LogP contribution >= 0.6 is 70.6 Å². The molecular weight excluding hydrogens is 1060 g/mol. The second kappa shape index (κ2) is 25.2. The van der Waals surface area contributed by atoms with Gasteiger partial charge in [-0.3, -0.25) is 0 Å². The number of ether oxygens (including phenoxy) is 6. The Bertz CT molecular complexity index is 2520. The van der Waals surface area contributed by atoms with Gasteiger partial charge in [0.15, 0.2) is 0 Å². The van der Waals surface area contributed by atoms with Crippen LogP contribution < -0.4 is 0 Å². The van der Waals surface area contributed by atoms with Crippen molar-refractivity contribution < 1.29 is 57.2 Å². The van der Waals surface area contributed by atoms with Crippen LogP contribution in [0, 0.1) is 0 Å². The van der Waals surface area contributed by atoms with Gasteiger partial charge in [-0.15, -0.1) is 61.2 Å². The van der Waals surface area contributed by atoms with Gasteiger partial charge in [-0.25, -0.2) is 28.8 Å². The molecule has 0 atom stereocenters. The first-order chi connectivity index (χ1) is 34.9. The highest BCUT2D eigenvalue weighted by Gasteiger charge is 2.28. The van der Waals surface area contributed by atoms with Crippen LogP contribution in [0.2, 0.25) is 0 Å². The molecule has 12 bridgehead atoms. The van der Waals surface area contributed by atoms with Gasteiger partial charge in [0.2, 0.25) is 30.9 Å². The number of hydrogen-bond acceptors (Lipinski definition) is 30. The molecule has 19 heterocycles. The predicted octanol–water partition coefficient (Wildman–Crippen LogP) is 6.71. The van der Waals surface area contributed by atoms with Gasteiger partial charge in [0.1, 0.15) is 0 Å². The van der Waals surface area contributed by atoms with Crippen molar-refractivity contribution >= 4 is 106 Å². The van der Waals surface area contributed by atoms with Crippen LogP contribution in [-0.2, 0) is 28.4 Å². The average molecular weight is 1090 g/mol. The third-order valence-electron chi connectivity index (χ3n) is 8.75. The Morgan fingerprint density at radius 1 is 0.278 bits per heavy atom. The van der Waals surface area contributed by atoms with Crippen LogP contribution in [0.4, 0.5) is 0 Å². The van der Waals surface area contributed by atoms with E-state index in [-0.39, 0.29) is 133 Å². The molecule has 6 aromatic rings. The first-order valence-electron chi connectivity index (χ1n) is 21.2. The Labute approximate surface area is 433 Å². The summed E-state index contributed by atoms with van der Waals surface area (Å²) in [5.74, 6) is -4.55. The zero-order valence-corrected chi connectivity index (χ0v) is 43.3. The minimum absolute atomic E-state index is 0.00558. The molecule has 0 spiro atoms. The lowest BCUT2D eigenvalue weighted by Crippen LogP contribution is -2.12. The number of hydrogen-bond donors (Lipinski definition) is 0. The van der Waals surface area contributed by atoms with E-state index in [9.17, 15) is 28.8 Å². The van der Waals surface area contributed by atoms with Crippen molar-refractivity contribution in [1.29, 1.82) is 0 Å². The van der Waals surface area contributed by atoms with Crippen LogP contribution in [0.25, 0.3) is 0 Å². The molecule has 372 valence electrons. The van der Waals surface area contributed by atoms with E-state index >= 15 is 0 Å². The highest BCUT2D eigenvalue weighted by Crippen LogP contribution is 2.41. The molecular formula is C42H36N12O12S6. The Morgan fingerprint density at radius 3 is 0.514 bits per heavy atom. The topological polar surface area (TPSA) is 312 Å². The van der Waals surface area contributed by atoms with E-state index < -0.39 is 35.8 Å². The van der Waals surface area contributed by atoms with Gasteiger partial charge < -0.3 is 28.4 Å². The molecule has 0 saturated heterocycles. The van der Waals surface area contributed by atoms with E-state index in [1.165, 1.54) is 36.4 Å². The fourth-order valence-corrected chi connectivity index (χ4v) is 10.6. The number of nitrogens with zero attached hydrogens (tertiary/aromatic N) is 12. The Hall–Kier alpha value is -6.60. The summed E-state index contributed by atoms with van der Waals surface area (Å²) in [6.45, 7) is 9.79. The quantitative estimate of drug-likeness (QED) is 0.0906. The minimum Gasteiger partial charge on any atom is -0.462 e. The maximum atomic E-state index is 13.5. The maximum Gasteiger partial charge on any atom is 0.339 e. The van der Waals surface area contributed by atoms with Crippen molar-refractivity contribution in [2.45, 2.75) is 102 Å². The SMILES string of the molecule is CCOC(=O)c1cc2c(C(=O)OCC)cc1Sc1nnc(nn1)Sc1cc(C(=O)OCC)c(cc1C(=O)OCC)Sc1nnc(nn1)Sc1cc(C(=O)OCC)c(cc1C(=O)OCC)Sc1nnc(nn1)S2. The van der Waals surface area contributed by atoms with E-state index in [2.05, 4.69) is 61.2 Å². The maximum absolute atomic E-state index is 13.5. The molecule has 72 heavy (non-hydrogen) atoms. The minimum atomic E-state index is -0.759. The molecule has 3 aromatic heterocycles. The molecule has 0 radical (unpaired) electrons. The van der Waals surface area contributed by atoms with Gasteiger partial charge in [0.05, 0.1) is 73.0 Å². The number of carbonyl (C=O) groups excluding carboxylic acids is 6.